The first-order valence-corrected chi connectivity index (χ1v) is 11.6. The summed E-state index contributed by atoms with van der Waals surface area (Å²) in [6.45, 7) is 1.66. The second kappa shape index (κ2) is 8.99. The van der Waals surface area contributed by atoms with E-state index in [-0.39, 0.29) is 24.0 Å². The Balaban J connectivity index is 1.09. The van der Waals surface area contributed by atoms with Crippen LogP contribution in [0, 0.1) is 29.1 Å². The predicted molar refractivity (Wildman–Crippen MR) is 121 cm³/mol. The number of nitriles is 1. The summed E-state index contributed by atoms with van der Waals surface area (Å²) in [6.07, 6.45) is 4.35. The van der Waals surface area contributed by atoms with E-state index in [1.54, 1.807) is 24.3 Å². The quantitative estimate of drug-likeness (QED) is 0.653. The highest BCUT2D eigenvalue weighted by atomic mass is 35.5. The largest absolute Gasteiger partial charge is 0.490 e. The number of ether oxygens (including phenoxy) is 1. The molecule has 8 nitrogen and oxygen atoms in total. The minimum Gasteiger partial charge on any atom is -0.490 e. The average Bonchev–Trinajstić information content (AvgIpc) is 3.30. The number of aldehydes is 1. The first kappa shape index (κ1) is 21.7. The molecule has 2 saturated carbocycles. The van der Waals surface area contributed by atoms with Gasteiger partial charge in [0.2, 0.25) is 0 Å². The van der Waals surface area contributed by atoms with Crippen LogP contribution in [0.3, 0.4) is 0 Å². The van der Waals surface area contributed by atoms with Crippen LogP contribution in [-0.4, -0.2) is 47.6 Å². The van der Waals surface area contributed by atoms with Gasteiger partial charge < -0.3 is 19.7 Å². The average molecular weight is 466 g/mol. The van der Waals surface area contributed by atoms with Crippen molar-refractivity contribution in [2.45, 2.75) is 37.8 Å². The van der Waals surface area contributed by atoms with Gasteiger partial charge in [0.25, 0.3) is 5.91 Å². The van der Waals surface area contributed by atoms with Gasteiger partial charge in [-0.15, -0.1) is 10.2 Å². The highest BCUT2D eigenvalue weighted by Gasteiger charge is 2.55. The fourth-order valence-corrected chi connectivity index (χ4v) is 5.23. The number of fused-ring (bicyclic) bond motifs is 1. The van der Waals surface area contributed by atoms with Crippen molar-refractivity contribution in [3.63, 3.8) is 0 Å². The van der Waals surface area contributed by atoms with Crippen LogP contribution in [-0.2, 0) is 4.79 Å². The predicted octanol–water partition coefficient (Wildman–Crippen LogP) is 3.00. The fourth-order valence-electron chi connectivity index (χ4n) is 5.01. The van der Waals surface area contributed by atoms with Crippen LogP contribution < -0.4 is 15.0 Å². The van der Waals surface area contributed by atoms with Crippen molar-refractivity contribution in [2.24, 2.45) is 17.8 Å². The van der Waals surface area contributed by atoms with Gasteiger partial charge in [0.05, 0.1) is 16.7 Å². The van der Waals surface area contributed by atoms with Crippen LogP contribution in [0.4, 0.5) is 5.82 Å². The molecular weight excluding hydrogens is 442 g/mol. The molecule has 2 heterocycles. The Kier molecular flexibility index (Phi) is 5.90. The molecule has 1 amide bonds. The zero-order valence-electron chi connectivity index (χ0n) is 18.0. The van der Waals surface area contributed by atoms with Gasteiger partial charge >= 0.3 is 0 Å². The van der Waals surface area contributed by atoms with E-state index in [9.17, 15) is 9.59 Å². The van der Waals surface area contributed by atoms with Crippen molar-refractivity contribution < 1.29 is 14.3 Å². The van der Waals surface area contributed by atoms with E-state index in [0.717, 1.165) is 50.9 Å². The lowest BCUT2D eigenvalue weighted by molar-refractivity contribution is -0.109. The van der Waals surface area contributed by atoms with Gasteiger partial charge in [-0.05, 0) is 61.8 Å². The second-order valence-electron chi connectivity index (χ2n) is 9.04. The molecule has 5 rings (SSSR count). The third-order valence-corrected chi connectivity index (χ3v) is 7.31. The van der Waals surface area contributed by atoms with Crippen LogP contribution >= 0.6 is 11.6 Å². The van der Waals surface area contributed by atoms with Crippen molar-refractivity contribution in [1.29, 1.82) is 5.26 Å². The zero-order valence-corrected chi connectivity index (χ0v) is 18.7. The number of hydrogen-bond acceptors (Lipinski definition) is 7. The van der Waals surface area contributed by atoms with E-state index in [4.69, 9.17) is 21.6 Å². The van der Waals surface area contributed by atoms with Crippen molar-refractivity contribution in [3.8, 4) is 11.8 Å². The van der Waals surface area contributed by atoms with E-state index in [0.29, 0.717) is 33.9 Å². The van der Waals surface area contributed by atoms with Crippen LogP contribution in [0.25, 0.3) is 0 Å². The number of aromatic nitrogens is 2. The Hall–Kier alpha value is -3.18. The molecule has 1 aromatic carbocycles. The third-order valence-electron chi connectivity index (χ3n) is 7.00. The van der Waals surface area contributed by atoms with Crippen molar-refractivity contribution in [3.05, 3.63) is 46.6 Å². The molecule has 1 aliphatic heterocycles. The normalized spacial score (nSPS) is 27.9. The summed E-state index contributed by atoms with van der Waals surface area (Å²) in [7, 11) is 0. The lowest BCUT2D eigenvalue weighted by Crippen LogP contribution is -2.40. The van der Waals surface area contributed by atoms with Gasteiger partial charge in [-0.2, -0.15) is 5.26 Å². The molecule has 2 aromatic rings. The number of nitrogens with zero attached hydrogens (tertiary/aromatic N) is 4. The number of amides is 1. The number of hydrogen-bond donors (Lipinski definition) is 1. The van der Waals surface area contributed by atoms with Gasteiger partial charge in [0, 0.05) is 31.1 Å². The molecule has 9 heteroatoms. The molecule has 0 spiro atoms. The molecule has 1 N–H and O–H groups in total. The maximum Gasteiger partial charge on any atom is 0.272 e. The number of benzene rings is 1. The van der Waals surface area contributed by atoms with Gasteiger partial charge in [-0.1, -0.05) is 11.6 Å². The van der Waals surface area contributed by atoms with Gasteiger partial charge in [-0.3, -0.25) is 4.79 Å². The van der Waals surface area contributed by atoms with E-state index in [1.807, 2.05) is 12.1 Å². The Morgan fingerprint density at radius 1 is 1.15 bits per heavy atom. The molecule has 0 bridgehead atoms. The Morgan fingerprint density at radius 2 is 1.91 bits per heavy atom. The Bertz CT molecular complexity index is 1080. The monoisotopic (exact) mass is 465 g/mol. The summed E-state index contributed by atoms with van der Waals surface area (Å²) >= 11 is 6.08. The second-order valence-corrected chi connectivity index (χ2v) is 9.45. The molecule has 0 unspecified atom stereocenters. The number of halogens is 1. The van der Waals surface area contributed by atoms with Crippen LogP contribution in [0.1, 0.15) is 41.7 Å². The first-order chi connectivity index (χ1) is 16.1. The standard InChI is InChI=1S/C24H24ClN5O3/c25-21-9-17(4-1-14(21)10-26)33-16-5-2-15(3-6-16)27-24(32)22-7-8-23(29-28-22)30-11-18-19(12-30)20(18)13-31/h1,4,7-9,13,15-16,18-20H,2-3,5-6,11-12H2,(H,27,32)/t15-,16-,18-,19+,20-. The molecule has 1 saturated heterocycles. The molecule has 170 valence electrons. The van der Waals surface area contributed by atoms with Crippen molar-refractivity contribution in [2.75, 3.05) is 18.0 Å². The molecule has 1 aromatic heterocycles. The molecule has 0 radical (unpaired) electrons. The number of rotatable bonds is 6. The molecule has 3 atom stereocenters. The molecule has 3 fully saturated rings. The summed E-state index contributed by atoms with van der Waals surface area (Å²) < 4.78 is 6.01. The summed E-state index contributed by atoms with van der Waals surface area (Å²) in [4.78, 5) is 25.7. The Labute approximate surface area is 196 Å². The van der Waals surface area contributed by atoms with Crippen LogP contribution in [0.2, 0.25) is 5.02 Å². The lowest BCUT2D eigenvalue weighted by atomic mass is 9.93. The smallest absolute Gasteiger partial charge is 0.272 e. The number of carbonyl (C=O) groups excluding carboxylic acids is 2. The molecular formula is C24H24ClN5O3. The summed E-state index contributed by atoms with van der Waals surface area (Å²) in [5.74, 6) is 2.28. The minimum atomic E-state index is -0.220. The number of nitrogens with one attached hydrogen (secondary N) is 1. The number of anilines is 1. The van der Waals surface area contributed by atoms with Crippen LogP contribution in [0.5, 0.6) is 5.75 Å². The third kappa shape index (κ3) is 4.51. The maximum atomic E-state index is 12.6. The molecule has 2 aliphatic carbocycles. The number of carbonyl (C=O) groups is 2. The van der Waals surface area contributed by atoms with E-state index >= 15 is 0 Å². The molecule has 33 heavy (non-hydrogen) atoms. The molecule has 3 aliphatic rings. The van der Waals surface area contributed by atoms with E-state index in [1.165, 1.54) is 0 Å². The first-order valence-electron chi connectivity index (χ1n) is 11.3. The van der Waals surface area contributed by atoms with Gasteiger partial charge in [0.1, 0.15) is 18.1 Å². The Morgan fingerprint density at radius 3 is 2.52 bits per heavy atom. The highest BCUT2D eigenvalue weighted by molar-refractivity contribution is 6.31. The maximum absolute atomic E-state index is 12.6. The van der Waals surface area contributed by atoms with E-state index < -0.39 is 0 Å². The topological polar surface area (TPSA) is 108 Å². The SMILES string of the molecule is N#Cc1ccc(O[C@H]2CC[C@H](NC(=O)c3ccc(N4C[C@@H]5[C@H](C=O)[C@@H]5C4)nn3)CC2)cc1Cl. The lowest BCUT2D eigenvalue weighted by Gasteiger charge is -2.29. The van der Waals surface area contributed by atoms with Crippen molar-refractivity contribution >= 4 is 29.6 Å². The van der Waals surface area contributed by atoms with Crippen LogP contribution in [0.15, 0.2) is 30.3 Å². The van der Waals surface area contributed by atoms with Crippen molar-refractivity contribution in [1.82, 2.24) is 15.5 Å². The van der Waals surface area contributed by atoms with E-state index in [2.05, 4.69) is 20.4 Å². The minimum absolute atomic E-state index is 0.0479. The summed E-state index contributed by atoms with van der Waals surface area (Å²) in [6, 6.07) is 10.7. The zero-order chi connectivity index (χ0) is 22.9. The number of piperidine rings is 1. The summed E-state index contributed by atoms with van der Waals surface area (Å²) in [5, 5.41) is 20.8. The fraction of sp³-hybridized carbons (Fsp3) is 0.458. The highest BCUT2D eigenvalue weighted by Crippen LogP contribution is 2.50. The van der Waals surface area contributed by atoms with Gasteiger partial charge in [-0.25, -0.2) is 0 Å². The summed E-state index contributed by atoms with van der Waals surface area (Å²) in [5.41, 5.74) is 0.731. The van der Waals surface area contributed by atoms with Gasteiger partial charge in [0.15, 0.2) is 11.5 Å².